The lowest BCUT2D eigenvalue weighted by Crippen LogP contribution is -2.32. The predicted molar refractivity (Wildman–Crippen MR) is 69.9 cm³/mol. The van der Waals surface area contributed by atoms with Crippen molar-refractivity contribution in [3.05, 3.63) is 34.9 Å². The summed E-state index contributed by atoms with van der Waals surface area (Å²) in [6, 6.07) is 4.28. The van der Waals surface area contributed by atoms with Gasteiger partial charge in [-0.05, 0) is 55.5 Å². The van der Waals surface area contributed by atoms with Gasteiger partial charge >= 0.3 is 6.18 Å². The minimum atomic E-state index is -4.25. The van der Waals surface area contributed by atoms with Gasteiger partial charge in [-0.1, -0.05) is 19.4 Å². The maximum Gasteiger partial charge on any atom is 0.416 e. The van der Waals surface area contributed by atoms with Gasteiger partial charge in [-0.2, -0.15) is 13.2 Å². The highest BCUT2D eigenvalue weighted by Crippen LogP contribution is 2.34. The van der Waals surface area contributed by atoms with Crippen LogP contribution >= 0.6 is 0 Å². The lowest BCUT2D eigenvalue weighted by atomic mass is 9.85. The van der Waals surface area contributed by atoms with Crippen LogP contribution in [0.2, 0.25) is 0 Å². The van der Waals surface area contributed by atoms with Crippen LogP contribution in [0.3, 0.4) is 0 Å². The highest BCUT2D eigenvalue weighted by Gasteiger charge is 2.31. The monoisotopic (exact) mass is 271 g/mol. The van der Waals surface area contributed by atoms with Gasteiger partial charge in [0.2, 0.25) is 0 Å². The number of halogens is 3. The van der Waals surface area contributed by atoms with Crippen molar-refractivity contribution >= 4 is 0 Å². The topological polar surface area (TPSA) is 12.0 Å². The first kappa shape index (κ1) is 14.4. The van der Waals surface area contributed by atoms with Crippen LogP contribution < -0.4 is 5.32 Å². The van der Waals surface area contributed by atoms with Gasteiger partial charge in [0.05, 0.1) is 5.56 Å². The molecule has 1 fully saturated rings. The second-order valence-corrected chi connectivity index (χ2v) is 5.37. The molecule has 0 bridgehead atoms. The molecule has 0 spiro atoms. The molecule has 1 aliphatic heterocycles. The number of alkyl halides is 3. The highest BCUT2D eigenvalue weighted by molar-refractivity contribution is 5.34. The Morgan fingerprint density at radius 3 is 2.63 bits per heavy atom. The number of aryl methyl sites for hydroxylation is 1. The number of benzene rings is 1. The van der Waals surface area contributed by atoms with Crippen LogP contribution in [-0.4, -0.2) is 6.54 Å². The van der Waals surface area contributed by atoms with Gasteiger partial charge in [0.1, 0.15) is 0 Å². The highest BCUT2D eigenvalue weighted by atomic mass is 19.4. The van der Waals surface area contributed by atoms with Crippen molar-refractivity contribution in [2.75, 3.05) is 6.54 Å². The molecule has 1 aromatic carbocycles. The largest absolute Gasteiger partial charge is 0.416 e. The Hall–Kier alpha value is -1.03. The minimum absolute atomic E-state index is 0.195. The molecule has 1 aliphatic rings. The van der Waals surface area contributed by atoms with Crippen LogP contribution in [0, 0.1) is 12.8 Å². The Bertz CT molecular complexity index is 440. The van der Waals surface area contributed by atoms with Crippen molar-refractivity contribution in [3.63, 3.8) is 0 Å². The number of rotatable bonds is 2. The lowest BCUT2D eigenvalue weighted by Gasteiger charge is -2.31. The van der Waals surface area contributed by atoms with Crippen molar-refractivity contribution in [2.24, 2.45) is 5.92 Å². The molecule has 0 saturated carbocycles. The van der Waals surface area contributed by atoms with Gasteiger partial charge in [-0.3, -0.25) is 0 Å². The van der Waals surface area contributed by atoms with E-state index in [1.165, 1.54) is 12.1 Å². The molecular formula is C15H20F3N. The molecule has 1 aromatic rings. The fraction of sp³-hybridized carbons (Fsp3) is 0.600. The molecule has 2 rings (SSSR count). The van der Waals surface area contributed by atoms with E-state index in [2.05, 4.69) is 12.2 Å². The van der Waals surface area contributed by atoms with E-state index in [0.717, 1.165) is 36.9 Å². The second kappa shape index (κ2) is 5.53. The summed E-state index contributed by atoms with van der Waals surface area (Å²) in [5.74, 6) is 0.674. The molecule has 1 saturated heterocycles. The summed E-state index contributed by atoms with van der Waals surface area (Å²) in [7, 11) is 0. The van der Waals surface area contributed by atoms with Crippen LogP contribution in [0.15, 0.2) is 18.2 Å². The van der Waals surface area contributed by atoms with Crippen LogP contribution in [0.5, 0.6) is 0 Å². The maximum absolute atomic E-state index is 12.6. The van der Waals surface area contributed by atoms with Crippen LogP contribution in [0.25, 0.3) is 0 Å². The van der Waals surface area contributed by atoms with Crippen molar-refractivity contribution < 1.29 is 13.2 Å². The van der Waals surface area contributed by atoms with Crippen LogP contribution in [0.1, 0.15) is 48.9 Å². The van der Waals surface area contributed by atoms with Crippen LogP contribution in [0.4, 0.5) is 13.2 Å². The zero-order chi connectivity index (χ0) is 14.0. The van der Waals surface area contributed by atoms with E-state index < -0.39 is 11.7 Å². The van der Waals surface area contributed by atoms with Gasteiger partial charge in [-0.15, -0.1) is 0 Å². The molecule has 0 aromatic heterocycles. The van der Waals surface area contributed by atoms with Crippen molar-refractivity contribution in [3.8, 4) is 0 Å². The molecule has 0 aliphatic carbocycles. The van der Waals surface area contributed by atoms with Gasteiger partial charge in [0, 0.05) is 6.04 Å². The summed E-state index contributed by atoms with van der Waals surface area (Å²) in [6.45, 7) is 4.89. The molecule has 0 radical (unpaired) electrons. The molecule has 1 N–H and O–H groups in total. The molecule has 1 nitrogen and oxygen atoms in total. The molecule has 0 amide bonds. The van der Waals surface area contributed by atoms with E-state index in [1.54, 1.807) is 13.0 Å². The molecule has 106 valence electrons. The quantitative estimate of drug-likeness (QED) is 0.837. The maximum atomic E-state index is 12.6. The SMILES string of the molecule is CCC1CCNC(c2ccc(C(F)(F)F)cc2C)C1. The van der Waals surface area contributed by atoms with Gasteiger partial charge in [-0.25, -0.2) is 0 Å². The Morgan fingerprint density at radius 1 is 1.32 bits per heavy atom. The lowest BCUT2D eigenvalue weighted by molar-refractivity contribution is -0.137. The fourth-order valence-electron chi connectivity index (χ4n) is 2.85. The first-order chi connectivity index (χ1) is 8.91. The molecule has 2 atom stereocenters. The zero-order valence-electron chi connectivity index (χ0n) is 11.3. The average Bonchev–Trinajstić information content (AvgIpc) is 2.37. The van der Waals surface area contributed by atoms with E-state index in [-0.39, 0.29) is 6.04 Å². The first-order valence-electron chi connectivity index (χ1n) is 6.83. The van der Waals surface area contributed by atoms with Crippen molar-refractivity contribution in [1.82, 2.24) is 5.32 Å². The number of hydrogen-bond donors (Lipinski definition) is 1. The third-order valence-corrected chi connectivity index (χ3v) is 4.06. The van der Waals surface area contributed by atoms with Crippen LogP contribution in [-0.2, 0) is 6.18 Å². The average molecular weight is 271 g/mol. The fourth-order valence-corrected chi connectivity index (χ4v) is 2.85. The predicted octanol–water partition coefficient (Wildman–Crippen LogP) is 4.46. The number of nitrogens with one attached hydrogen (secondary N) is 1. The van der Waals surface area contributed by atoms with E-state index in [4.69, 9.17) is 0 Å². The van der Waals surface area contributed by atoms with Gasteiger partial charge in [0.15, 0.2) is 0 Å². The Labute approximate surface area is 112 Å². The van der Waals surface area contributed by atoms with Crippen molar-refractivity contribution in [2.45, 2.75) is 45.3 Å². The Morgan fingerprint density at radius 2 is 2.05 bits per heavy atom. The smallest absolute Gasteiger partial charge is 0.310 e. The molecule has 1 heterocycles. The third-order valence-electron chi connectivity index (χ3n) is 4.06. The standard InChI is InChI=1S/C15H20F3N/c1-3-11-6-7-19-14(9-11)13-5-4-12(8-10(13)2)15(16,17)18/h4-5,8,11,14,19H,3,6-7,9H2,1-2H3. The summed E-state index contributed by atoms with van der Waals surface area (Å²) in [6.07, 6.45) is -0.942. The zero-order valence-corrected chi connectivity index (χ0v) is 11.3. The van der Waals surface area contributed by atoms with Gasteiger partial charge in [0.25, 0.3) is 0 Å². The van der Waals surface area contributed by atoms with E-state index in [9.17, 15) is 13.2 Å². The Kier molecular flexibility index (Phi) is 4.19. The molecular weight excluding hydrogens is 251 g/mol. The number of piperidine rings is 1. The van der Waals surface area contributed by atoms with Crippen molar-refractivity contribution in [1.29, 1.82) is 0 Å². The Balaban J connectivity index is 2.21. The molecule has 2 unspecified atom stereocenters. The van der Waals surface area contributed by atoms with Gasteiger partial charge < -0.3 is 5.32 Å². The minimum Gasteiger partial charge on any atom is -0.310 e. The van der Waals surface area contributed by atoms with E-state index >= 15 is 0 Å². The van der Waals surface area contributed by atoms with E-state index in [0.29, 0.717) is 5.92 Å². The summed E-state index contributed by atoms with van der Waals surface area (Å²) in [5, 5.41) is 3.42. The van der Waals surface area contributed by atoms with E-state index in [1.807, 2.05) is 0 Å². The molecule has 4 heteroatoms. The first-order valence-corrected chi connectivity index (χ1v) is 6.83. The second-order valence-electron chi connectivity index (χ2n) is 5.37. The normalized spacial score (nSPS) is 24.5. The summed E-state index contributed by atoms with van der Waals surface area (Å²) >= 11 is 0. The summed E-state index contributed by atoms with van der Waals surface area (Å²) in [4.78, 5) is 0. The third kappa shape index (κ3) is 3.30. The summed E-state index contributed by atoms with van der Waals surface area (Å²) < 4.78 is 37.9. The number of hydrogen-bond acceptors (Lipinski definition) is 1. The summed E-state index contributed by atoms with van der Waals surface area (Å²) in [5.41, 5.74) is 1.17. The molecule has 19 heavy (non-hydrogen) atoms.